The van der Waals surface area contributed by atoms with Crippen molar-refractivity contribution in [3.8, 4) is 17.1 Å². The van der Waals surface area contributed by atoms with E-state index < -0.39 is 24.0 Å². The molecule has 1 fully saturated rings. The van der Waals surface area contributed by atoms with E-state index in [1.807, 2.05) is 0 Å². The Morgan fingerprint density at radius 2 is 2.16 bits per heavy atom. The van der Waals surface area contributed by atoms with E-state index in [2.05, 4.69) is 5.16 Å². The minimum absolute atomic E-state index is 0.0174. The predicted octanol–water partition coefficient (Wildman–Crippen LogP) is 1.38. The number of nitrogens with zero attached hydrogens (tertiary/aromatic N) is 2. The Hall–Kier alpha value is -2.65. The van der Waals surface area contributed by atoms with Gasteiger partial charge in [-0.1, -0.05) is 5.16 Å². The van der Waals surface area contributed by atoms with Crippen LogP contribution in [0.2, 0.25) is 0 Å². The number of β-amino-alcohol motifs (C(OH)–C–C–N with tert-alkyl or cyclic N) is 1. The van der Waals surface area contributed by atoms with Crippen LogP contribution >= 0.6 is 0 Å². The number of rotatable bonds is 5. The summed E-state index contributed by atoms with van der Waals surface area (Å²) in [6.45, 7) is 0.439. The zero-order valence-corrected chi connectivity index (χ0v) is 13.6. The summed E-state index contributed by atoms with van der Waals surface area (Å²) in [6, 6.07) is 3.87. The summed E-state index contributed by atoms with van der Waals surface area (Å²) in [5, 5.41) is 23.4. The number of aromatic carboxylic acids is 1. The summed E-state index contributed by atoms with van der Waals surface area (Å²) in [5.41, 5.74) is 0.148. The lowest BCUT2D eigenvalue weighted by Gasteiger charge is -2.14. The summed E-state index contributed by atoms with van der Waals surface area (Å²) in [7, 11) is 2.77. The number of carboxylic acids is 1. The van der Waals surface area contributed by atoms with Gasteiger partial charge in [0.25, 0.3) is 0 Å². The van der Waals surface area contributed by atoms with Crippen LogP contribution in [0.4, 0.5) is 10.2 Å². The summed E-state index contributed by atoms with van der Waals surface area (Å²) < 4.78 is 28.9. The van der Waals surface area contributed by atoms with E-state index in [0.717, 1.165) is 6.07 Å². The van der Waals surface area contributed by atoms with Gasteiger partial charge < -0.3 is 29.1 Å². The average Bonchev–Trinajstić information content (AvgIpc) is 3.18. The Morgan fingerprint density at radius 1 is 1.40 bits per heavy atom. The second-order valence-corrected chi connectivity index (χ2v) is 5.61. The molecule has 0 bridgehead atoms. The molecule has 9 heteroatoms. The molecule has 1 aliphatic heterocycles. The Kier molecular flexibility index (Phi) is 4.60. The lowest BCUT2D eigenvalue weighted by molar-refractivity contribution is 0.0217. The third-order valence-electron chi connectivity index (χ3n) is 4.14. The number of aliphatic hydroxyl groups is 1. The van der Waals surface area contributed by atoms with Crippen LogP contribution in [0, 0.1) is 5.82 Å². The molecule has 3 rings (SSSR count). The zero-order chi connectivity index (χ0) is 18.1. The van der Waals surface area contributed by atoms with Gasteiger partial charge in [0.2, 0.25) is 0 Å². The molecule has 0 amide bonds. The van der Waals surface area contributed by atoms with Crippen LogP contribution in [0.5, 0.6) is 5.75 Å². The van der Waals surface area contributed by atoms with Gasteiger partial charge in [0.15, 0.2) is 28.7 Å². The highest BCUT2D eigenvalue weighted by molar-refractivity contribution is 5.99. The van der Waals surface area contributed by atoms with Crippen molar-refractivity contribution in [2.45, 2.75) is 12.2 Å². The highest BCUT2D eigenvalue weighted by Crippen LogP contribution is 2.35. The molecule has 2 aromatic rings. The van der Waals surface area contributed by atoms with Gasteiger partial charge in [-0.2, -0.15) is 0 Å². The summed E-state index contributed by atoms with van der Waals surface area (Å²) in [6.07, 6.45) is -1.22. The molecule has 1 aromatic carbocycles. The topological polar surface area (TPSA) is 105 Å². The standard InChI is InChI=1S/C16H17FN2O6/c1-23-11-5-8(3-4-9(11)17)14-13(16(21)22)15(18-25-14)19-6-10(20)12(7-19)24-2/h3-5,10,12,20H,6-7H2,1-2H3,(H,21,22)/t10-,12-/m0/s1. The van der Waals surface area contributed by atoms with Crippen LogP contribution < -0.4 is 9.64 Å². The minimum Gasteiger partial charge on any atom is -0.494 e. The first kappa shape index (κ1) is 17.2. The zero-order valence-electron chi connectivity index (χ0n) is 13.6. The maximum atomic E-state index is 13.6. The van der Waals surface area contributed by atoms with Gasteiger partial charge in [-0.05, 0) is 18.2 Å². The molecule has 0 radical (unpaired) electrons. The number of ether oxygens (including phenoxy) is 2. The molecular weight excluding hydrogens is 335 g/mol. The molecule has 134 valence electrons. The molecule has 2 atom stereocenters. The quantitative estimate of drug-likeness (QED) is 0.832. The number of carbonyl (C=O) groups is 1. The monoisotopic (exact) mass is 352 g/mol. The SMILES string of the molecule is COc1cc(-c2onc(N3C[C@H](OC)[C@@H](O)C3)c2C(=O)O)ccc1F. The van der Waals surface area contributed by atoms with Crippen LogP contribution in [0.1, 0.15) is 10.4 Å². The Bertz CT molecular complexity index is 793. The molecule has 0 unspecified atom stereocenters. The number of aliphatic hydroxyl groups excluding tert-OH is 1. The largest absolute Gasteiger partial charge is 0.494 e. The van der Waals surface area contributed by atoms with Gasteiger partial charge in [0, 0.05) is 25.8 Å². The molecule has 0 saturated carbocycles. The highest BCUT2D eigenvalue weighted by atomic mass is 19.1. The first-order chi connectivity index (χ1) is 12.0. The van der Waals surface area contributed by atoms with Crippen LogP contribution in [0.15, 0.2) is 22.7 Å². The number of aromatic nitrogens is 1. The van der Waals surface area contributed by atoms with Crippen molar-refractivity contribution in [3.05, 3.63) is 29.6 Å². The van der Waals surface area contributed by atoms with E-state index in [4.69, 9.17) is 14.0 Å². The number of methoxy groups -OCH3 is 2. The van der Waals surface area contributed by atoms with E-state index in [0.29, 0.717) is 5.56 Å². The van der Waals surface area contributed by atoms with E-state index in [-0.39, 0.29) is 36.0 Å². The number of anilines is 1. The Labute approximate surface area is 142 Å². The third-order valence-corrected chi connectivity index (χ3v) is 4.14. The second kappa shape index (κ2) is 6.69. The van der Waals surface area contributed by atoms with E-state index in [1.165, 1.54) is 26.4 Å². The number of carboxylic acid groups (broad SMARTS) is 1. The molecule has 2 N–H and O–H groups in total. The first-order valence-electron chi connectivity index (χ1n) is 7.49. The van der Waals surface area contributed by atoms with Crippen LogP contribution in [-0.4, -0.2) is 60.9 Å². The maximum Gasteiger partial charge on any atom is 0.343 e. The van der Waals surface area contributed by atoms with Crippen molar-refractivity contribution >= 4 is 11.8 Å². The summed E-state index contributed by atoms with van der Waals surface area (Å²) in [4.78, 5) is 13.3. The molecule has 0 spiro atoms. The molecule has 1 aliphatic rings. The van der Waals surface area contributed by atoms with Crippen LogP contribution in [0.3, 0.4) is 0 Å². The summed E-state index contributed by atoms with van der Waals surface area (Å²) >= 11 is 0. The van der Waals surface area contributed by atoms with Crippen LogP contribution in [-0.2, 0) is 4.74 Å². The van der Waals surface area contributed by atoms with Gasteiger partial charge in [-0.15, -0.1) is 0 Å². The van der Waals surface area contributed by atoms with Gasteiger partial charge in [-0.25, -0.2) is 9.18 Å². The molecule has 0 aliphatic carbocycles. The van der Waals surface area contributed by atoms with Gasteiger partial charge in [0.1, 0.15) is 6.10 Å². The smallest absolute Gasteiger partial charge is 0.343 e. The Balaban J connectivity index is 2.03. The molecule has 8 nitrogen and oxygen atoms in total. The number of benzene rings is 1. The van der Waals surface area contributed by atoms with Crippen molar-refractivity contribution < 1.29 is 33.4 Å². The fraction of sp³-hybridized carbons (Fsp3) is 0.375. The van der Waals surface area contributed by atoms with E-state index >= 15 is 0 Å². The fourth-order valence-corrected chi connectivity index (χ4v) is 2.85. The third kappa shape index (κ3) is 3.03. The van der Waals surface area contributed by atoms with Gasteiger partial charge in [0.05, 0.1) is 13.2 Å². The maximum absolute atomic E-state index is 13.6. The molecular formula is C16H17FN2O6. The van der Waals surface area contributed by atoms with Crippen LogP contribution in [0.25, 0.3) is 11.3 Å². The number of halogens is 1. The average molecular weight is 352 g/mol. The van der Waals surface area contributed by atoms with Crippen molar-refractivity contribution in [2.24, 2.45) is 0 Å². The molecule has 1 aromatic heterocycles. The highest BCUT2D eigenvalue weighted by Gasteiger charge is 2.36. The van der Waals surface area contributed by atoms with E-state index in [1.54, 1.807) is 4.90 Å². The normalized spacial score (nSPS) is 20.1. The number of hydrogen-bond donors (Lipinski definition) is 2. The minimum atomic E-state index is -1.25. The fourth-order valence-electron chi connectivity index (χ4n) is 2.85. The predicted molar refractivity (Wildman–Crippen MR) is 84.4 cm³/mol. The lowest BCUT2D eigenvalue weighted by atomic mass is 10.1. The van der Waals surface area contributed by atoms with Crippen molar-refractivity contribution in [2.75, 3.05) is 32.2 Å². The van der Waals surface area contributed by atoms with E-state index in [9.17, 15) is 19.4 Å². The Morgan fingerprint density at radius 3 is 2.76 bits per heavy atom. The van der Waals surface area contributed by atoms with Crippen molar-refractivity contribution in [1.82, 2.24) is 5.16 Å². The van der Waals surface area contributed by atoms with Crippen molar-refractivity contribution in [1.29, 1.82) is 0 Å². The number of hydrogen-bond acceptors (Lipinski definition) is 7. The van der Waals surface area contributed by atoms with Crippen molar-refractivity contribution in [3.63, 3.8) is 0 Å². The van der Waals surface area contributed by atoms with Gasteiger partial charge in [-0.3, -0.25) is 0 Å². The lowest BCUT2D eigenvalue weighted by Crippen LogP contribution is -2.25. The first-order valence-corrected chi connectivity index (χ1v) is 7.49. The second-order valence-electron chi connectivity index (χ2n) is 5.61. The molecule has 1 saturated heterocycles. The molecule has 25 heavy (non-hydrogen) atoms. The van der Waals surface area contributed by atoms with Gasteiger partial charge >= 0.3 is 5.97 Å². The molecule has 2 heterocycles. The summed E-state index contributed by atoms with van der Waals surface area (Å²) in [5.74, 6) is -1.79.